The van der Waals surface area contributed by atoms with Crippen LogP contribution in [0.4, 0.5) is 0 Å². The number of ether oxygens (including phenoxy) is 1. The van der Waals surface area contributed by atoms with E-state index in [1.807, 2.05) is 17.9 Å². The molecule has 0 radical (unpaired) electrons. The van der Waals surface area contributed by atoms with Crippen LogP contribution in [0.25, 0.3) is 0 Å². The minimum atomic E-state index is -0.909. The van der Waals surface area contributed by atoms with Gasteiger partial charge in [0.15, 0.2) is 0 Å². The second-order valence-electron chi connectivity index (χ2n) is 4.82. The van der Waals surface area contributed by atoms with E-state index in [0.717, 1.165) is 24.3 Å². The van der Waals surface area contributed by atoms with Gasteiger partial charge in [-0.3, -0.25) is 9.69 Å². The third kappa shape index (κ3) is 2.15. The molecule has 1 atom stereocenters. The third-order valence-corrected chi connectivity index (χ3v) is 3.71. The molecule has 2 rings (SSSR count). The number of methoxy groups -OCH3 is 1. The molecule has 18 heavy (non-hydrogen) atoms. The quantitative estimate of drug-likeness (QED) is 0.864. The van der Waals surface area contributed by atoms with Crippen molar-refractivity contribution in [1.82, 2.24) is 4.90 Å². The molecular formula is C13H19NO4. The maximum atomic E-state index is 11.6. The van der Waals surface area contributed by atoms with Gasteiger partial charge >= 0.3 is 5.97 Å². The highest BCUT2D eigenvalue weighted by molar-refractivity contribution is 5.79. The molecule has 2 heterocycles. The van der Waals surface area contributed by atoms with Crippen molar-refractivity contribution in [2.24, 2.45) is 0 Å². The summed E-state index contributed by atoms with van der Waals surface area (Å²) in [6.07, 6.45) is 3.13. The van der Waals surface area contributed by atoms with Gasteiger partial charge in [-0.1, -0.05) is 0 Å². The van der Waals surface area contributed by atoms with Crippen LogP contribution in [0, 0.1) is 6.92 Å². The Bertz CT molecular complexity index is 428. The molecule has 0 bridgehead atoms. The molecule has 0 saturated carbocycles. The minimum absolute atomic E-state index is 0.210. The molecule has 0 spiro atoms. The molecule has 1 aromatic rings. The Labute approximate surface area is 106 Å². The van der Waals surface area contributed by atoms with Crippen LogP contribution in [0.5, 0.6) is 0 Å². The minimum Gasteiger partial charge on any atom is -0.480 e. The lowest BCUT2D eigenvalue weighted by molar-refractivity contribution is -0.153. The number of carboxylic acids is 1. The number of nitrogens with zero attached hydrogens (tertiary/aromatic N) is 1. The van der Waals surface area contributed by atoms with E-state index in [4.69, 9.17) is 9.15 Å². The van der Waals surface area contributed by atoms with Gasteiger partial charge in [-0.15, -0.1) is 0 Å². The second-order valence-corrected chi connectivity index (χ2v) is 4.82. The first-order valence-electron chi connectivity index (χ1n) is 6.10. The van der Waals surface area contributed by atoms with Crippen molar-refractivity contribution in [3.8, 4) is 0 Å². The molecule has 0 amide bonds. The van der Waals surface area contributed by atoms with Gasteiger partial charge in [0, 0.05) is 7.11 Å². The van der Waals surface area contributed by atoms with Gasteiger partial charge in [0.25, 0.3) is 0 Å². The summed E-state index contributed by atoms with van der Waals surface area (Å²) in [5.41, 5.74) is 0.146. The van der Waals surface area contributed by atoms with Crippen LogP contribution >= 0.6 is 0 Å². The van der Waals surface area contributed by atoms with Crippen LogP contribution < -0.4 is 0 Å². The van der Waals surface area contributed by atoms with Crippen molar-refractivity contribution >= 4 is 5.97 Å². The maximum Gasteiger partial charge on any atom is 0.326 e. The average Bonchev–Trinajstić information content (AvgIpc) is 2.89. The Morgan fingerprint density at radius 1 is 1.67 bits per heavy atom. The topological polar surface area (TPSA) is 62.9 Å². The van der Waals surface area contributed by atoms with Gasteiger partial charge in [0.05, 0.1) is 19.4 Å². The van der Waals surface area contributed by atoms with Gasteiger partial charge in [-0.2, -0.15) is 0 Å². The second kappa shape index (κ2) is 5.12. The van der Waals surface area contributed by atoms with Gasteiger partial charge in [0.1, 0.15) is 11.3 Å². The Kier molecular flexibility index (Phi) is 3.73. The number of hydrogen-bond donors (Lipinski definition) is 1. The fraction of sp³-hybridized carbons (Fsp3) is 0.615. The lowest BCUT2D eigenvalue weighted by Crippen LogP contribution is -2.53. The van der Waals surface area contributed by atoms with Crippen molar-refractivity contribution < 1.29 is 19.1 Å². The van der Waals surface area contributed by atoms with Gasteiger partial charge in [-0.25, -0.2) is 0 Å². The van der Waals surface area contributed by atoms with Crippen molar-refractivity contribution in [1.29, 1.82) is 0 Å². The first-order valence-corrected chi connectivity index (χ1v) is 6.10. The fourth-order valence-corrected chi connectivity index (χ4v) is 2.61. The predicted octanol–water partition coefficient (Wildman–Crippen LogP) is 1.65. The number of carboxylic acid groups (broad SMARTS) is 1. The monoisotopic (exact) mass is 253 g/mol. The van der Waals surface area contributed by atoms with Crippen LogP contribution in [0.2, 0.25) is 0 Å². The van der Waals surface area contributed by atoms with Gasteiger partial charge in [0.2, 0.25) is 0 Å². The third-order valence-electron chi connectivity index (χ3n) is 3.71. The lowest BCUT2D eigenvalue weighted by Gasteiger charge is -2.33. The smallest absolute Gasteiger partial charge is 0.326 e. The largest absolute Gasteiger partial charge is 0.480 e. The van der Waals surface area contributed by atoms with Crippen molar-refractivity contribution in [3.63, 3.8) is 0 Å². The van der Waals surface area contributed by atoms with E-state index in [1.165, 1.54) is 0 Å². The fourth-order valence-electron chi connectivity index (χ4n) is 2.61. The molecule has 1 saturated heterocycles. The Morgan fingerprint density at radius 3 is 3.00 bits per heavy atom. The number of likely N-dealkylation sites (tertiary alicyclic amines) is 1. The van der Waals surface area contributed by atoms with Gasteiger partial charge in [-0.05, 0) is 37.9 Å². The van der Waals surface area contributed by atoms with E-state index in [0.29, 0.717) is 13.0 Å². The number of carbonyl (C=O) groups is 1. The molecule has 100 valence electrons. The summed E-state index contributed by atoms with van der Waals surface area (Å²) < 4.78 is 10.5. The average molecular weight is 253 g/mol. The molecule has 1 aromatic heterocycles. The summed E-state index contributed by atoms with van der Waals surface area (Å²) in [5.74, 6) is 0.0182. The highest BCUT2D eigenvalue weighted by Gasteiger charge is 2.48. The first-order chi connectivity index (χ1) is 8.60. The van der Waals surface area contributed by atoms with Crippen LogP contribution in [0.15, 0.2) is 16.7 Å². The zero-order valence-electron chi connectivity index (χ0n) is 10.8. The zero-order valence-corrected chi connectivity index (χ0v) is 10.8. The molecule has 1 N–H and O–H groups in total. The standard InChI is InChI=1S/C13H19NO4/c1-10-4-7-18-11(10)8-14-6-3-5-13(14,9-17-2)12(15)16/h4,7H,3,5-6,8-9H2,1-2H3,(H,15,16). The summed E-state index contributed by atoms with van der Waals surface area (Å²) in [6, 6.07) is 1.89. The lowest BCUT2D eigenvalue weighted by atomic mass is 9.97. The summed E-state index contributed by atoms with van der Waals surface area (Å²) in [4.78, 5) is 13.5. The van der Waals surface area contributed by atoms with E-state index >= 15 is 0 Å². The normalized spacial score (nSPS) is 24.6. The van der Waals surface area contributed by atoms with Crippen molar-refractivity contribution in [3.05, 3.63) is 23.7 Å². The predicted molar refractivity (Wildman–Crippen MR) is 65.3 cm³/mol. The number of aliphatic carboxylic acids is 1. The Morgan fingerprint density at radius 2 is 2.44 bits per heavy atom. The van der Waals surface area contributed by atoms with Crippen LogP contribution in [0.3, 0.4) is 0 Å². The summed E-state index contributed by atoms with van der Waals surface area (Å²) >= 11 is 0. The zero-order chi connectivity index (χ0) is 13.2. The molecular weight excluding hydrogens is 234 g/mol. The molecule has 1 unspecified atom stereocenters. The molecule has 0 aromatic carbocycles. The molecule has 0 aliphatic carbocycles. The van der Waals surface area contributed by atoms with Crippen molar-refractivity contribution in [2.75, 3.05) is 20.3 Å². The van der Waals surface area contributed by atoms with E-state index in [9.17, 15) is 9.90 Å². The molecule has 1 fully saturated rings. The Balaban J connectivity index is 2.20. The number of furan rings is 1. The SMILES string of the molecule is COCC1(C(=O)O)CCCN1Cc1occc1C. The molecule has 1 aliphatic heterocycles. The van der Waals surface area contributed by atoms with Gasteiger partial charge < -0.3 is 14.3 Å². The number of rotatable bonds is 5. The van der Waals surface area contributed by atoms with Crippen LogP contribution in [0.1, 0.15) is 24.2 Å². The van der Waals surface area contributed by atoms with E-state index < -0.39 is 11.5 Å². The molecule has 5 heteroatoms. The van der Waals surface area contributed by atoms with Crippen LogP contribution in [-0.4, -0.2) is 41.8 Å². The Hall–Kier alpha value is -1.33. The first kappa shape index (κ1) is 13.1. The highest BCUT2D eigenvalue weighted by atomic mass is 16.5. The van der Waals surface area contributed by atoms with Crippen LogP contribution in [-0.2, 0) is 16.1 Å². The maximum absolute atomic E-state index is 11.6. The number of aryl methyl sites for hydroxylation is 1. The highest BCUT2D eigenvalue weighted by Crippen LogP contribution is 2.32. The van der Waals surface area contributed by atoms with Crippen molar-refractivity contribution in [2.45, 2.75) is 31.8 Å². The number of hydrogen-bond acceptors (Lipinski definition) is 4. The van der Waals surface area contributed by atoms with E-state index in [-0.39, 0.29) is 6.61 Å². The summed E-state index contributed by atoms with van der Waals surface area (Å²) in [7, 11) is 1.54. The molecule has 5 nitrogen and oxygen atoms in total. The van der Waals surface area contributed by atoms with E-state index in [1.54, 1.807) is 13.4 Å². The molecule has 1 aliphatic rings. The summed E-state index contributed by atoms with van der Waals surface area (Å²) in [6.45, 7) is 3.46. The van der Waals surface area contributed by atoms with E-state index in [2.05, 4.69) is 0 Å². The summed E-state index contributed by atoms with van der Waals surface area (Å²) in [5, 5.41) is 9.51.